The number of nitrogens with zero attached hydrogens (tertiary/aromatic N) is 2. The maximum absolute atomic E-state index is 13.0. The van der Waals surface area contributed by atoms with Gasteiger partial charge < -0.3 is 16.4 Å². The first kappa shape index (κ1) is 26.1. The van der Waals surface area contributed by atoms with Crippen LogP contribution in [0.4, 0.5) is 4.39 Å². The summed E-state index contributed by atoms with van der Waals surface area (Å²) in [6.45, 7) is 3.93. The Morgan fingerprint density at radius 1 is 1.16 bits per heavy atom. The van der Waals surface area contributed by atoms with Crippen LogP contribution in [0.1, 0.15) is 29.5 Å². The van der Waals surface area contributed by atoms with Crippen LogP contribution in [0.2, 0.25) is 0 Å². The summed E-state index contributed by atoms with van der Waals surface area (Å²) in [5, 5.41) is 6.63. The van der Waals surface area contributed by atoms with Crippen molar-refractivity contribution in [1.29, 1.82) is 0 Å². The molecule has 0 spiro atoms. The van der Waals surface area contributed by atoms with Crippen molar-refractivity contribution < 1.29 is 9.18 Å². The van der Waals surface area contributed by atoms with Crippen molar-refractivity contribution in [3.63, 3.8) is 0 Å². The van der Waals surface area contributed by atoms with E-state index in [4.69, 9.17) is 5.73 Å². The lowest BCUT2D eigenvalue weighted by atomic mass is 9.97. The molecule has 1 heterocycles. The van der Waals surface area contributed by atoms with E-state index < -0.39 is 0 Å². The number of piperidine rings is 1. The normalized spacial score (nSPS) is 16.8. The zero-order valence-electron chi connectivity index (χ0n) is 18.5. The molecule has 1 aliphatic heterocycles. The lowest BCUT2D eigenvalue weighted by Gasteiger charge is -2.31. The second-order valence-electron chi connectivity index (χ2n) is 8.03. The second-order valence-corrected chi connectivity index (χ2v) is 8.03. The van der Waals surface area contributed by atoms with E-state index in [1.807, 2.05) is 0 Å². The number of likely N-dealkylation sites (tertiary alicyclic amines) is 1. The number of nitrogens with two attached hydrogens (primary N) is 1. The Bertz CT molecular complexity index is 890. The summed E-state index contributed by atoms with van der Waals surface area (Å²) < 4.78 is 13.0. The van der Waals surface area contributed by atoms with Crippen LogP contribution in [0, 0.1) is 11.7 Å². The first-order valence-electron chi connectivity index (χ1n) is 10.8. The van der Waals surface area contributed by atoms with Gasteiger partial charge in [0.25, 0.3) is 0 Å². The number of halogens is 2. The molecule has 32 heavy (non-hydrogen) atoms. The van der Waals surface area contributed by atoms with E-state index >= 15 is 0 Å². The smallest absolute Gasteiger partial charge is 0.221 e. The van der Waals surface area contributed by atoms with Crippen molar-refractivity contribution in [2.24, 2.45) is 16.6 Å². The van der Waals surface area contributed by atoms with Crippen LogP contribution in [0.25, 0.3) is 0 Å². The molecule has 8 heteroatoms. The number of amides is 1. The quantitative estimate of drug-likeness (QED) is 0.267. The SMILES string of the molecule is CN=C(NCCc1ccc(F)cc1)NCc1cccc(CN2CCCC(C(N)=O)C2)c1.I. The standard InChI is InChI=1S/C24H32FN5O.HI/c1-27-24(28-12-11-18-7-9-22(25)10-8-18)29-15-19-4-2-5-20(14-19)16-30-13-3-6-21(17-30)23(26)31;/h2,4-5,7-10,14,21H,3,6,11-13,15-17H2,1H3,(H2,26,31)(H2,27,28,29);1H. The third-order valence-electron chi connectivity index (χ3n) is 5.61. The Balaban J connectivity index is 0.00000363. The average molecular weight is 553 g/mol. The number of carbonyl (C=O) groups excluding carboxylic acids is 1. The van der Waals surface area contributed by atoms with Gasteiger partial charge in [0.15, 0.2) is 5.96 Å². The van der Waals surface area contributed by atoms with Crippen molar-refractivity contribution in [1.82, 2.24) is 15.5 Å². The predicted molar refractivity (Wildman–Crippen MR) is 137 cm³/mol. The predicted octanol–water partition coefficient (Wildman–Crippen LogP) is 3.05. The zero-order valence-corrected chi connectivity index (χ0v) is 20.8. The second kappa shape index (κ2) is 13.4. The van der Waals surface area contributed by atoms with Crippen LogP contribution in [0.15, 0.2) is 53.5 Å². The minimum Gasteiger partial charge on any atom is -0.369 e. The molecule has 174 valence electrons. The number of guanidine groups is 1. The fourth-order valence-corrected chi connectivity index (χ4v) is 3.91. The average Bonchev–Trinajstić information content (AvgIpc) is 2.78. The third-order valence-corrected chi connectivity index (χ3v) is 5.61. The van der Waals surface area contributed by atoms with E-state index in [9.17, 15) is 9.18 Å². The van der Waals surface area contributed by atoms with Crippen molar-refractivity contribution in [2.45, 2.75) is 32.4 Å². The summed E-state index contributed by atoms with van der Waals surface area (Å²) in [6.07, 6.45) is 2.69. The summed E-state index contributed by atoms with van der Waals surface area (Å²) >= 11 is 0. The number of hydrogen-bond donors (Lipinski definition) is 3. The highest BCUT2D eigenvalue weighted by molar-refractivity contribution is 14.0. The zero-order chi connectivity index (χ0) is 22.1. The summed E-state index contributed by atoms with van der Waals surface area (Å²) in [6, 6.07) is 15.0. The molecule has 0 bridgehead atoms. The van der Waals surface area contributed by atoms with Gasteiger partial charge in [0.2, 0.25) is 5.91 Å². The van der Waals surface area contributed by atoms with Crippen molar-refractivity contribution in [2.75, 3.05) is 26.7 Å². The molecule has 6 nitrogen and oxygen atoms in total. The van der Waals surface area contributed by atoms with Gasteiger partial charge in [-0.3, -0.25) is 14.7 Å². The molecule has 1 saturated heterocycles. The molecule has 2 aromatic carbocycles. The fraction of sp³-hybridized carbons (Fsp3) is 0.417. The van der Waals surface area contributed by atoms with Crippen molar-refractivity contribution >= 4 is 35.8 Å². The monoisotopic (exact) mass is 553 g/mol. The van der Waals surface area contributed by atoms with Crippen LogP contribution < -0.4 is 16.4 Å². The van der Waals surface area contributed by atoms with Gasteiger partial charge in [0.05, 0.1) is 5.92 Å². The summed E-state index contributed by atoms with van der Waals surface area (Å²) in [4.78, 5) is 18.1. The summed E-state index contributed by atoms with van der Waals surface area (Å²) in [5.74, 6) is 0.279. The first-order chi connectivity index (χ1) is 15.0. The maximum atomic E-state index is 13.0. The minimum absolute atomic E-state index is 0. The lowest BCUT2D eigenvalue weighted by molar-refractivity contribution is -0.123. The Labute approximate surface area is 206 Å². The highest BCUT2D eigenvalue weighted by atomic mass is 127. The topological polar surface area (TPSA) is 82.8 Å². The number of aliphatic imine (C=N–C) groups is 1. The molecular formula is C24H33FIN5O. The molecule has 1 amide bonds. The molecule has 0 radical (unpaired) electrons. The van der Waals surface area contributed by atoms with E-state index in [-0.39, 0.29) is 41.6 Å². The fourth-order valence-electron chi connectivity index (χ4n) is 3.91. The van der Waals surface area contributed by atoms with Gasteiger partial charge in [-0.05, 0) is 54.6 Å². The Morgan fingerprint density at radius 2 is 1.91 bits per heavy atom. The number of primary amides is 1. The van der Waals surface area contributed by atoms with E-state index in [1.54, 1.807) is 19.2 Å². The molecule has 2 aromatic rings. The Morgan fingerprint density at radius 3 is 2.62 bits per heavy atom. The van der Waals surface area contributed by atoms with E-state index in [0.717, 1.165) is 50.4 Å². The van der Waals surface area contributed by atoms with Crippen LogP contribution in [-0.2, 0) is 24.3 Å². The van der Waals surface area contributed by atoms with Gasteiger partial charge in [-0.15, -0.1) is 24.0 Å². The molecule has 1 atom stereocenters. The van der Waals surface area contributed by atoms with E-state index in [1.165, 1.54) is 23.3 Å². The summed E-state index contributed by atoms with van der Waals surface area (Å²) in [5.41, 5.74) is 8.97. The highest BCUT2D eigenvalue weighted by Gasteiger charge is 2.23. The van der Waals surface area contributed by atoms with Gasteiger partial charge >= 0.3 is 0 Å². The van der Waals surface area contributed by atoms with Crippen LogP contribution >= 0.6 is 24.0 Å². The summed E-state index contributed by atoms with van der Waals surface area (Å²) in [7, 11) is 1.75. The van der Waals surface area contributed by atoms with E-state index in [0.29, 0.717) is 13.1 Å². The Hall–Kier alpha value is -2.20. The van der Waals surface area contributed by atoms with Gasteiger partial charge in [0, 0.05) is 33.2 Å². The van der Waals surface area contributed by atoms with Crippen molar-refractivity contribution in [3.8, 4) is 0 Å². The third kappa shape index (κ3) is 8.38. The van der Waals surface area contributed by atoms with E-state index in [2.05, 4.69) is 44.8 Å². The molecule has 1 unspecified atom stereocenters. The maximum Gasteiger partial charge on any atom is 0.221 e. The van der Waals surface area contributed by atoms with Crippen LogP contribution in [-0.4, -0.2) is 43.4 Å². The lowest BCUT2D eigenvalue weighted by Crippen LogP contribution is -2.40. The van der Waals surface area contributed by atoms with Gasteiger partial charge in [-0.1, -0.05) is 36.4 Å². The number of benzene rings is 2. The molecule has 0 aromatic heterocycles. The molecular weight excluding hydrogens is 520 g/mol. The van der Waals surface area contributed by atoms with Gasteiger partial charge in [-0.2, -0.15) is 0 Å². The minimum atomic E-state index is -0.218. The van der Waals surface area contributed by atoms with Gasteiger partial charge in [-0.25, -0.2) is 4.39 Å². The number of rotatable bonds is 8. The number of nitrogens with one attached hydrogen (secondary N) is 2. The largest absolute Gasteiger partial charge is 0.369 e. The van der Waals surface area contributed by atoms with Crippen molar-refractivity contribution in [3.05, 3.63) is 71.0 Å². The first-order valence-corrected chi connectivity index (χ1v) is 10.8. The van der Waals surface area contributed by atoms with Gasteiger partial charge in [0.1, 0.15) is 5.82 Å². The molecule has 4 N–H and O–H groups in total. The van der Waals surface area contributed by atoms with Crippen LogP contribution in [0.3, 0.4) is 0 Å². The van der Waals surface area contributed by atoms with Crippen LogP contribution in [0.5, 0.6) is 0 Å². The molecule has 1 aliphatic rings. The molecule has 3 rings (SSSR count). The highest BCUT2D eigenvalue weighted by Crippen LogP contribution is 2.18. The number of carbonyl (C=O) groups is 1. The molecule has 0 saturated carbocycles. The number of hydrogen-bond acceptors (Lipinski definition) is 3. The molecule has 0 aliphatic carbocycles. The molecule has 1 fully saturated rings. The Kier molecular flexibility index (Phi) is 10.9.